The van der Waals surface area contributed by atoms with E-state index in [0.29, 0.717) is 6.04 Å². The van der Waals surface area contributed by atoms with Gasteiger partial charge in [-0.3, -0.25) is 0 Å². The smallest absolute Gasteiger partial charge is 0.157 e. The van der Waals surface area contributed by atoms with E-state index in [1.165, 1.54) is 30.5 Å². The Morgan fingerprint density at radius 1 is 1.08 bits per heavy atom. The Kier molecular flexibility index (Phi) is 5.00. The van der Waals surface area contributed by atoms with Crippen molar-refractivity contribution in [2.24, 2.45) is 7.05 Å². The topological polar surface area (TPSA) is 34.0 Å². The Morgan fingerprint density at radius 3 is 2.56 bits per heavy atom. The Labute approximate surface area is 155 Å². The maximum Gasteiger partial charge on any atom is 0.157 e. The van der Waals surface area contributed by atoms with Crippen molar-refractivity contribution in [3.63, 3.8) is 0 Å². The van der Waals surface area contributed by atoms with E-state index in [0.717, 1.165) is 29.2 Å². The lowest BCUT2D eigenvalue weighted by Crippen LogP contribution is -2.38. The predicted octanol–water partition coefficient (Wildman–Crippen LogP) is 4.74. The highest BCUT2D eigenvalue weighted by Crippen LogP contribution is 2.33. The minimum absolute atomic E-state index is 0. The molecule has 0 aliphatic carbocycles. The van der Waals surface area contributed by atoms with Crippen LogP contribution in [0.4, 0.5) is 5.82 Å². The number of fused-ring (bicyclic) bond motifs is 1. The lowest BCUT2D eigenvalue weighted by Gasteiger charge is -2.35. The monoisotopic (exact) mass is 356 g/mol. The summed E-state index contributed by atoms with van der Waals surface area (Å²) < 4.78 is 2.25. The molecule has 0 N–H and O–H groups in total. The molecule has 0 saturated carbocycles. The van der Waals surface area contributed by atoms with E-state index in [-0.39, 0.29) is 12.4 Å². The Balaban J connectivity index is 0.00000182. The molecule has 5 heteroatoms. The molecule has 1 saturated heterocycles. The maximum absolute atomic E-state index is 4.84. The summed E-state index contributed by atoms with van der Waals surface area (Å²) in [5.41, 5.74) is 4.59. The highest BCUT2D eigenvalue weighted by atomic mass is 35.5. The van der Waals surface area contributed by atoms with Crippen molar-refractivity contribution in [1.82, 2.24) is 14.5 Å². The largest absolute Gasteiger partial charge is 0.352 e. The lowest BCUT2D eigenvalue weighted by molar-refractivity contribution is 0.481. The number of aryl methyl sites for hydroxylation is 2. The Morgan fingerprint density at radius 2 is 1.84 bits per heavy atom. The molecule has 3 aromatic rings. The third kappa shape index (κ3) is 3.11. The Hall–Kier alpha value is -2.07. The van der Waals surface area contributed by atoms with Crippen molar-refractivity contribution in [2.45, 2.75) is 39.2 Å². The summed E-state index contributed by atoms with van der Waals surface area (Å²) >= 11 is 0. The second kappa shape index (κ2) is 7.04. The van der Waals surface area contributed by atoms with E-state index in [1.54, 1.807) is 0 Å². The first kappa shape index (κ1) is 17.7. The molecule has 2 aromatic heterocycles. The minimum Gasteiger partial charge on any atom is -0.352 e. The quantitative estimate of drug-likeness (QED) is 0.664. The van der Waals surface area contributed by atoms with E-state index in [1.807, 2.05) is 6.92 Å². The highest BCUT2D eigenvalue weighted by molar-refractivity contribution is 5.92. The summed E-state index contributed by atoms with van der Waals surface area (Å²) in [5.74, 6) is 1.94. The number of rotatable bonds is 2. The molecule has 4 nitrogen and oxygen atoms in total. The van der Waals surface area contributed by atoms with Gasteiger partial charge in [0.1, 0.15) is 11.3 Å². The highest BCUT2D eigenvalue weighted by Gasteiger charge is 2.24. The molecule has 1 aliphatic rings. The summed E-state index contributed by atoms with van der Waals surface area (Å²) in [6.45, 7) is 5.38. The van der Waals surface area contributed by atoms with Crippen molar-refractivity contribution in [2.75, 3.05) is 11.4 Å². The zero-order valence-corrected chi connectivity index (χ0v) is 15.9. The number of halogens is 1. The summed E-state index contributed by atoms with van der Waals surface area (Å²) in [7, 11) is 2.13. The zero-order chi connectivity index (χ0) is 16.7. The SMILES string of the molecule is Cc1nc(N2CCCCC2C)c2c(cc(-c3ccccc3)n2C)n1.Cl. The molecule has 1 fully saturated rings. The first-order valence-electron chi connectivity index (χ1n) is 8.81. The summed E-state index contributed by atoms with van der Waals surface area (Å²) in [4.78, 5) is 12.0. The van der Waals surface area contributed by atoms with Gasteiger partial charge >= 0.3 is 0 Å². The molecule has 132 valence electrons. The van der Waals surface area contributed by atoms with Gasteiger partial charge in [0.15, 0.2) is 5.82 Å². The number of nitrogens with zero attached hydrogens (tertiary/aromatic N) is 4. The third-order valence-corrected chi connectivity index (χ3v) is 5.12. The van der Waals surface area contributed by atoms with E-state index in [9.17, 15) is 0 Å². The van der Waals surface area contributed by atoms with Crippen molar-refractivity contribution < 1.29 is 0 Å². The van der Waals surface area contributed by atoms with Gasteiger partial charge in [-0.15, -0.1) is 12.4 Å². The molecular weight excluding hydrogens is 332 g/mol. The second-order valence-electron chi connectivity index (χ2n) is 6.82. The Bertz CT molecular complexity index is 872. The molecule has 1 aliphatic heterocycles. The summed E-state index contributed by atoms with van der Waals surface area (Å²) in [5, 5.41) is 0. The molecule has 0 radical (unpaired) electrons. The predicted molar refractivity (Wildman–Crippen MR) is 107 cm³/mol. The first-order valence-corrected chi connectivity index (χ1v) is 8.81. The van der Waals surface area contributed by atoms with Crippen molar-refractivity contribution in [1.29, 1.82) is 0 Å². The number of hydrogen-bond acceptors (Lipinski definition) is 3. The van der Waals surface area contributed by atoms with Crippen molar-refractivity contribution >= 4 is 29.3 Å². The van der Waals surface area contributed by atoms with Crippen LogP contribution in [-0.4, -0.2) is 27.1 Å². The van der Waals surface area contributed by atoms with Crippen LogP contribution in [-0.2, 0) is 7.05 Å². The molecule has 25 heavy (non-hydrogen) atoms. The average molecular weight is 357 g/mol. The molecule has 0 spiro atoms. The van der Waals surface area contributed by atoms with Gasteiger partial charge in [0.25, 0.3) is 0 Å². The standard InChI is InChI=1S/C20H24N4.ClH/c1-14-9-7-8-12-24(14)20-19-17(21-15(2)22-20)13-18(23(19)3)16-10-5-4-6-11-16;/h4-6,10-11,13-14H,7-9,12H2,1-3H3;1H. The van der Waals surface area contributed by atoms with Gasteiger partial charge in [-0.25, -0.2) is 9.97 Å². The number of benzene rings is 1. The molecular formula is C20H25ClN4. The van der Waals surface area contributed by atoms with Gasteiger partial charge in [0, 0.05) is 19.6 Å². The molecule has 0 amide bonds. The van der Waals surface area contributed by atoms with Crippen LogP contribution in [0.5, 0.6) is 0 Å². The van der Waals surface area contributed by atoms with Crippen LogP contribution in [0.1, 0.15) is 32.0 Å². The van der Waals surface area contributed by atoms with Gasteiger partial charge in [0.2, 0.25) is 0 Å². The van der Waals surface area contributed by atoms with Gasteiger partial charge < -0.3 is 9.47 Å². The lowest BCUT2D eigenvalue weighted by atomic mass is 10.0. The van der Waals surface area contributed by atoms with Crippen LogP contribution >= 0.6 is 12.4 Å². The molecule has 3 heterocycles. The van der Waals surface area contributed by atoms with Crippen molar-refractivity contribution in [3.8, 4) is 11.3 Å². The number of aromatic nitrogens is 3. The van der Waals surface area contributed by atoms with Crippen LogP contribution in [0, 0.1) is 6.92 Å². The molecule has 0 bridgehead atoms. The fraction of sp³-hybridized carbons (Fsp3) is 0.400. The van der Waals surface area contributed by atoms with Crippen LogP contribution in [0.3, 0.4) is 0 Å². The van der Waals surface area contributed by atoms with Crippen LogP contribution in [0.15, 0.2) is 36.4 Å². The van der Waals surface area contributed by atoms with E-state index in [4.69, 9.17) is 9.97 Å². The number of anilines is 1. The number of piperidine rings is 1. The molecule has 1 atom stereocenters. The van der Waals surface area contributed by atoms with Crippen LogP contribution in [0.25, 0.3) is 22.3 Å². The second-order valence-corrected chi connectivity index (χ2v) is 6.82. The van der Waals surface area contributed by atoms with Crippen molar-refractivity contribution in [3.05, 3.63) is 42.2 Å². The molecule has 1 aromatic carbocycles. The summed E-state index contributed by atoms with van der Waals surface area (Å²) in [6, 6.07) is 13.2. The van der Waals surface area contributed by atoms with E-state index >= 15 is 0 Å². The van der Waals surface area contributed by atoms with Gasteiger partial charge in [-0.1, -0.05) is 30.3 Å². The summed E-state index contributed by atoms with van der Waals surface area (Å²) in [6.07, 6.45) is 3.79. The van der Waals surface area contributed by atoms with Gasteiger partial charge in [0.05, 0.1) is 11.2 Å². The maximum atomic E-state index is 4.84. The fourth-order valence-electron chi connectivity index (χ4n) is 3.84. The zero-order valence-electron chi connectivity index (χ0n) is 15.1. The molecule has 1 unspecified atom stereocenters. The first-order chi connectivity index (χ1) is 11.6. The third-order valence-electron chi connectivity index (χ3n) is 5.12. The van der Waals surface area contributed by atoms with Crippen LogP contribution < -0.4 is 4.90 Å². The van der Waals surface area contributed by atoms with E-state index < -0.39 is 0 Å². The normalized spacial score (nSPS) is 17.6. The van der Waals surface area contributed by atoms with Crippen LogP contribution in [0.2, 0.25) is 0 Å². The average Bonchev–Trinajstić information content (AvgIpc) is 2.92. The van der Waals surface area contributed by atoms with Gasteiger partial charge in [-0.05, 0) is 44.7 Å². The van der Waals surface area contributed by atoms with E-state index in [2.05, 4.69) is 59.8 Å². The fourth-order valence-corrected chi connectivity index (χ4v) is 3.84. The number of hydrogen-bond donors (Lipinski definition) is 0. The molecule has 4 rings (SSSR count). The minimum atomic E-state index is 0. The van der Waals surface area contributed by atoms with Gasteiger partial charge in [-0.2, -0.15) is 0 Å².